The van der Waals surface area contributed by atoms with Crippen LogP contribution < -0.4 is 0 Å². The van der Waals surface area contributed by atoms with E-state index in [9.17, 15) is 0 Å². The van der Waals surface area contributed by atoms with Crippen molar-refractivity contribution in [3.05, 3.63) is 20.0 Å². The van der Waals surface area contributed by atoms with Gasteiger partial charge in [-0.05, 0) is 0 Å². The summed E-state index contributed by atoms with van der Waals surface area (Å²) in [6.45, 7) is 9.07. The van der Waals surface area contributed by atoms with Crippen LogP contribution in [0.15, 0.2) is 20.0 Å². The van der Waals surface area contributed by atoms with Crippen molar-refractivity contribution in [2.75, 3.05) is 0 Å². The maximum Gasteiger partial charge on any atom is -0.147 e. The molecule has 1 rings (SSSR count). The Bertz CT molecular complexity index is 207. The van der Waals surface area contributed by atoms with Crippen molar-refractivity contribution in [3.8, 4) is 0 Å². The minimum Gasteiger partial charge on any atom is -0.147 e. The fourth-order valence-electron chi connectivity index (χ4n) is 1.36. The average molecular weight is 409 g/mol. The van der Waals surface area contributed by atoms with E-state index in [2.05, 4.69) is 27.7 Å². The van der Waals surface area contributed by atoms with Gasteiger partial charge in [-0.1, -0.05) is 0 Å². The smallest absolute Gasteiger partial charge is 0.147 e. The van der Waals surface area contributed by atoms with Gasteiger partial charge in [0.1, 0.15) is 0 Å². The van der Waals surface area contributed by atoms with E-state index in [0.717, 1.165) is 5.92 Å². The van der Waals surface area contributed by atoms with Crippen molar-refractivity contribution < 1.29 is 24.4 Å². The third kappa shape index (κ3) is 3.70. The molecule has 0 bridgehead atoms. The van der Waals surface area contributed by atoms with E-state index >= 15 is 0 Å². The van der Waals surface area contributed by atoms with Crippen molar-refractivity contribution in [1.82, 2.24) is 0 Å². The molecule has 0 aliphatic heterocycles. The largest absolute Gasteiger partial charge is 0.147 e. The summed E-state index contributed by atoms with van der Waals surface area (Å²) in [4.78, 5) is 0. The average Bonchev–Trinajstić information content (AvgIpc) is 2.07. The second kappa shape index (κ2) is 7.50. The van der Waals surface area contributed by atoms with Crippen LogP contribution in [0.5, 0.6) is 0 Å². The number of halogens is 3. The molecule has 0 aromatic carbocycles. The van der Waals surface area contributed by atoms with Gasteiger partial charge in [0, 0.05) is 0 Å². The Morgan fingerprint density at radius 1 is 0.923 bits per heavy atom. The number of rotatable bonds is 0. The van der Waals surface area contributed by atoms with Crippen LogP contribution in [0.3, 0.4) is 0 Å². The van der Waals surface area contributed by atoms with E-state index in [1.54, 1.807) is 14.5 Å². The zero-order valence-corrected chi connectivity index (χ0v) is 14.3. The van der Waals surface area contributed by atoms with Crippen molar-refractivity contribution in [2.24, 2.45) is 5.92 Å². The number of hydrogen-bond acceptors (Lipinski definition) is 0. The first-order chi connectivity index (χ1) is 4.55. The van der Waals surface area contributed by atoms with Crippen LogP contribution in [-0.2, 0) is 24.4 Å². The van der Waals surface area contributed by atoms with Gasteiger partial charge in [0.25, 0.3) is 0 Å². The maximum atomic E-state index is 2.32. The molecule has 1 unspecified atom stereocenters. The molecule has 1 aliphatic rings. The minimum atomic E-state index is 0. The van der Waals surface area contributed by atoms with E-state index < -0.39 is 0 Å². The zero-order chi connectivity index (χ0) is 7.89. The monoisotopic (exact) mass is 409 g/mol. The van der Waals surface area contributed by atoms with E-state index in [-0.39, 0.29) is 37.2 Å². The maximum absolute atomic E-state index is 2.32. The summed E-state index contributed by atoms with van der Waals surface area (Å²) in [6, 6.07) is 0. The van der Waals surface area contributed by atoms with Crippen molar-refractivity contribution >= 4 is 37.2 Å². The van der Waals surface area contributed by atoms with Gasteiger partial charge in [-0.25, -0.2) is 0 Å². The predicted molar refractivity (Wildman–Crippen MR) is 62.0 cm³/mol. The first-order valence-corrected chi connectivity index (χ1v) is 5.45. The molecule has 4 heteroatoms. The van der Waals surface area contributed by atoms with Gasteiger partial charge < -0.3 is 0 Å². The second-order valence-corrected chi connectivity index (χ2v) is 5.00. The molecule has 0 N–H and O–H groups in total. The summed E-state index contributed by atoms with van der Waals surface area (Å²) in [7, 11) is 0. The first-order valence-electron chi connectivity index (χ1n) is 3.65. The van der Waals surface area contributed by atoms with Crippen molar-refractivity contribution in [1.29, 1.82) is 0 Å². The van der Waals surface area contributed by atoms with Crippen LogP contribution in [0.25, 0.3) is 0 Å². The van der Waals surface area contributed by atoms with Gasteiger partial charge in [-0.2, -0.15) is 0 Å². The van der Waals surface area contributed by atoms with Gasteiger partial charge in [-0.15, -0.1) is 37.2 Å². The SMILES string of the molecule is CC1=C(C)C(C)[C]([Hf])=C1C.Cl.Cl.Cl. The van der Waals surface area contributed by atoms with Gasteiger partial charge >= 0.3 is 78.0 Å². The molecule has 0 saturated heterocycles. The molecule has 0 saturated carbocycles. The molecule has 0 nitrogen and oxygen atoms in total. The molecule has 0 amide bonds. The fourth-order valence-corrected chi connectivity index (χ4v) is 2.82. The summed E-state index contributed by atoms with van der Waals surface area (Å²) in [5.74, 6) is 0.756. The summed E-state index contributed by atoms with van der Waals surface area (Å²) >= 11 is 1.23. The molecule has 13 heavy (non-hydrogen) atoms. The molecular weight excluding hydrogens is 393 g/mol. The molecular formula is C9H16Cl3Hf. The Kier molecular flexibility index (Phi) is 11.4. The minimum absolute atomic E-state index is 0. The zero-order valence-electron chi connectivity index (χ0n) is 8.30. The van der Waals surface area contributed by atoms with E-state index in [4.69, 9.17) is 0 Å². The normalized spacial score (nSPS) is 20.4. The second-order valence-electron chi connectivity index (χ2n) is 3.07. The number of allylic oxidation sites excluding steroid dienone is 4. The summed E-state index contributed by atoms with van der Waals surface area (Å²) in [5, 5.41) is 0. The molecule has 0 fully saturated rings. The molecule has 0 spiro atoms. The van der Waals surface area contributed by atoms with Gasteiger partial charge in [-0.3, -0.25) is 0 Å². The van der Waals surface area contributed by atoms with Gasteiger partial charge in [0.05, 0.1) is 0 Å². The summed E-state index contributed by atoms with van der Waals surface area (Å²) < 4.78 is 1.69. The third-order valence-corrected chi connectivity index (χ3v) is 5.54. The standard InChI is InChI=1S/C9H13.3ClH.Hf/c1-6-5-7(2)9(4)8(6)3;;;;/h6H,1-4H3;3*1H;. The molecule has 0 radical (unpaired) electrons. The van der Waals surface area contributed by atoms with Gasteiger partial charge in [0.15, 0.2) is 0 Å². The van der Waals surface area contributed by atoms with Crippen LogP contribution in [0.4, 0.5) is 0 Å². The third-order valence-electron chi connectivity index (χ3n) is 2.64. The molecule has 1 atom stereocenters. The van der Waals surface area contributed by atoms with Crippen LogP contribution in [-0.4, -0.2) is 0 Å². The Balaban J connectivity index is -0.000000333. The van der Waals surface area contributed by atoms with Crippen LogP contribution in [0.2, 0.25) is 0 Å². The van der Waals surface area contributed by atoms with E-state index in [1.165, 1.54) is 29.9 Å². The Morgan fingerprint density at radius 3 is 1.38 bits per heavy atom. The Hall–Kier alpha value is 1.22. The summed E-state index contributed by atoms with van der Waals surface area (Å²) in [6.07, 6.45) is 0. The predicted octanol–water partition coefficient (Wildman–Crippen LogP) is 4.06. The van der Waals surface area contributed by atoms with Crippen LogP contribution in [0.1, 0.15) is 27.7 Å². The molecule has 0 aromatic rings. The van der Waals surface area contributed by atoms with Crippen LogP contribution in [0, 0.1) is 5.92 Å². The molecule has 1 aliphatic carbocycles. The fraction of sp³-hybridized carbons (Fsp3) is 0.556. The van der Waals surface area contributed by atoms with E-state index in [1.807, 2.05) is 0 Å². The van der Waals surface area contributed by atoms with Crippen molar-refractivity contribution in [3.63, 3.8) is 0 Å². The molecule has 0 heterocycles. The van der Waals surface area contributed by atoms with Gasteiger partial charge in [0.2, 0.25) is 0 Å². The quantitative estimate of drug-likeness (QED) is 0.530. The molecule has 0 aromatic heterocycles. The van der Waals surface area contributed by atoms with Crippen LogP contribution >= 0.6 is 37.2 Å². The Morgan fingerprint density at radius 2 is 1.31 bits per heavy atom. The number of hydrogen-bond donors (Lipinski definition) is 0. The Labute approximate surface area is 114 Å². The topological polar surface area (TPSA) is 0 Å². The first kappa shape index (κ1) is 19.7. The molecule has 77 valence electrons. The summed E-state index contributed by atoms with van der Waals surface area (Å²) in [5.41, 5.74) is 4.69. The van der Waals surface area contributed by atoms with E-state index in [0.29, 0.717) is 0 Å². The van der Waals surface area contributed by atoms with Crippen molar-refractivity contribution in [2.45, 2.75) is 27.7 Å².